The van der Waals surface area contributed by atoms with Gasteiger partial charge in [-0.25, -0.2) is 0 Å². The maximum atomic E-state index is 11.9. The van der Waals surface area contributed by atoms with Crippen LogP contribution >= 0.6 is 0 Å². The van der Waals surface area contributed by atoms with Crippen molar-refractivity contribution in [3.63, 3.8) is 0 Å². The molecule has 1 rings (SSSR count). The summed E-state index contributed by atoms with van der Waals surface area (Å²) >= 11 is 0. The second kappa shape index (κ2) is 6.32. The molecule has 0 spiro atoms. The SMILES string of the molecule is C/C=C\c1c(C(=O)NC[C@H](O)CO)nn(C)c1C. The lowest BCUT2D eigenvalue weighted by Crippen LogP contribution is -2.34. The molecule has 0 aliphatic rings. The van der Waals surface area contributed by atoms with Crippen LogP contribution in [0.25, 0.3) is 6.08 Å². The van der Waals surface area contributed by atoms with E-state index in [0.29, 0.717) is 5.69 Å². The molecular formula is C12H19N3O3. The number of rotatable bonds is 5. The second-order valence-corrected chi connectivity index (χ2v) is 4.02. The van der Waals surface area contributed by atoms with Gasteiger partial charge in [0.05, 0.1) is 12.7 Å². The van der Waals surface area contributed by atoms with Crippen molar-refractivity contribution in [1.82, 2.24) is 15.1 Å². The summed E-state index contributed by atoms with van der Waals surface area (Å²) in [4.78, 5) is 11.9. The quantitative estimate of drug-likeness (QED) is 0.680. The Labute approximate surface area is 106 Å². The Kier molecular flexibility index (Phi) is 5.06. The molecule has 18 heavy (non-hydrogen) atoms. The van der Waals surface area contributed by atoms with Gasteiger partial charge in [0.2, 0.25) is 0 Å². The average molecular weight is 253 g/mol. The molecule has 0 unspecified atom stereocenters. The molecule has 0 saturated carbocycles. The maximum Gasteiger partial charge on any atom is 0.272 e. The molecule has 0 aliphatic heterocycles. The molecule has 0 aliphatic carbocycles. The van der Waals surface area contributed by atoms with Crippen LogP contribution in [0.2, 0.25) is 0 Å². The molecule has 1 heterocycles. The molecule has 1 aromatic rings. The number of carbonyl (C=O) groups is 1. The summed E-state index contributed by atoms with van der Waals surface area (Å²) in [6.07, 6.45) is 2.70. The first-order chi connectivity index (χ1) is 8.51. The maximum absolute atomic E-state index is 11.9. The number of aryl methyl sites for hydroxylation is 1. The second-order valence-electron chi connectivity index (χ2n) is 4.02. The first kappa shape index (κ1) is 14.4. The van der Waals surface area contributed by atoms with Crippen LogP contribution in [-0.4, -0.2) is 45.2 Å². The Hall–Kier alpha value is -1.66. The molecule has 1 amide bonds. The van der Waals surface area contributed by atoms with Crippen molar-refractivity contribution in [2.45, 2.75) is 20.0 Å². The van der Waals surface area contributed by atoms with E-state index in [4.69, 9.17) is 5.11 Å². The normalized spacial score (nSPS) is 12.9. The number of aromatic nitrogens is 2. The molecule has 1 atom stereocenters. The highest BCUT2D eigenvalue weighted by Crippen LogP contribution is 2.14. The summed E-state index contributed by atoms with van der Waals surface area (Å²) in [5.41, 5.74) is 1.97. The van der Waals surface area contributed by atoms with Crippen LogP contribution in [0.15, 0.2) is 6.08 Å². The minimum atomic E-state index is -0.955. The minimum absolute atomic E-state index is 0.000233. The van der Waals surface area contributed by atoms with Crippen LogP contribution in [0.1, 0.15) is 28.7 Å². The van der Waals surface area contributed by atoms with E-state index in [-0.39, 0.29) is 19.1 Å². The third-order valence-electron chi connectivity index (χ3n) is 2.64. The molecule has 1 aromatic heterocycles. The molecule has 0 radical (unpaired) electrons. The van der Waals surface area contributed by atoms with E-state index in [2.05, 4.69) is 10.4 Å². The number of nitrogens with one attached hydrogen (secondary N) is 1. The minimum Gasteiger partial charge on any atom is -0.394 e. The van der Waals surface area contributed by atoms with Gasteiger partial charge in [0.1, 0.15) is 0 Å². The Bertz CT molecular complexity index is 452. The molecule has 3 N–H and O–H groups in total. The summed E-state index contributed by atoms with van der Waals surface area (Å²) in [5.74, 6) is -0.362. The summed E-state index contributed by atoms with van der Waals surface area (Å²) in [7, 11) is 1.77. The summed E-state index contributed by atoms with van der Waals surface area (Å²) < 4.78 is 1.63. The van der Waals surface area contributed by atoms with Gasteiger partial charge in [-0.2, -0.15) is 5.10 Å². The number of nitrogens with zero attached hydrogens (tertiary/aromatic N) is 2. The van der Waals surface area contributed by atoms with Crippen LogP contribution in [0.5, 0.6) is 0 Å². The predicted molar refractivity (Wildman–Crippen MR) is 68.1 cm³/mol. The van der Waals surface area contributed by atoms with Gasteiger partial charge in [0, 0.05) is 24.8 Å². The molecule has 6 heteroatoms. The Balaban J connectivity index is 2.88. The fraction of sp³-hybridized carbons (Fsp3) is 0.500. The molecule has 6 nitrogen and oxygen atoms in total. The third kappa shape index (κ3) is 3.18. The highest BCUT2D eigenvalue weighted by Gasteiger charge is 2.18. The van der Waals surface area contributed by atoms with E-state index in [1.165, 1.54) is 0 Å². The Morgan fingerprint density at radius 1 is 1.61 bits per heavy atom. The van der Waals surface area contributed by atoms with E-state index < -0.39 is 6.10 Å². The largest absolute Gasteiger partial charge is 0.394 e. The fourth-order valence-electron chi connectivity index (χ4n) is 1.52. The van der Waals surface area contributed by atoms with Crippen molar-refractivity contribution in [2.75, 3.05) is 13.2 Å². The van der Waals surface area contributed by atoms with Gasteiger partial charge in [-0.05, 0) is 13.8 Å². The average Bonchev–Trinajstić information content (AvgIpc) is 2.64. The number of hydrogen-bond donors (Lipinski definition) is 3. The van der Waals surface area contributed by atoms with Crippen molar-refractivity contribution in [1.29, 1.82) is 0 Å². The van der Waals surface area contributed by atoms with Gasteiger partial charge in [-0.15, -0.1) is 0 Å². The summed E-state index contributed by atoms with van der Waals surface area (Å²) in [6, 6.07) is 0. The Morgan fingerprint density at radius 2 is 2.28 bits per heavy atom. The zero-order valence-electron chi connectivity index (χ0n) is 10.8. The standard InChI is InChI=1S/C12H19N3O3/c1-4-5-10-8(2)15(3)14-11(10)12(18)13-6-9(17)7-16/h4-5,9,16-17H,6-7H2,1-3H3,(H,13,18)/b5-4-/t9-/m0/s1. The third-order valence-corrected chi connectivity index (χ3v) is 2.64. The summed E-state index contributed by atoms with van der Waals surface area (Å²) in [5, 5.41) is 24.5. The number of aliphatic hydroxyl groups excluding tert-OH is 2. The molecule has 0 bridgehead atoms. The lowest BCUT2D eigenvalue weighted by molar-refractivity contribution is 0.0798. The van der Waals surface area contributed by atoms with Gasteiger partial charge >= 0.3 is 0 Å². The van der Waals surface area contributed by atoms with Crippen LogP contribution in [0.4, 0.5) is 0 Å². The van der Waals surface area contributed by atoms with E-state index in [9.17, 15) is 9.90 Å². The van der Waals surface area contributed by atoms with E-state index >= 15 is 0 Å². The first-order valence-corrected chi connectivity index (χ1v) is 5.74. The number of hydrogen-bond acceptors (Lipinski definition) is 4. The zero-order valence-corrected chi connectivity index (χ0v) is 10.8. The van der Waals surface area contributed by atoms with Crippen molar-refractivity contribution in [3.05, 3.63) is 23.0 Å². The number of allylic oxidation sites excluding steroid dienone is 1. The molecular weight excluding hydrogens is 234 g/mol. The lowest BCUT2D eigenvalue weighted by Gasteiger charge is -2.08. The van der Waals surface area contributed by atoms with Gasteiger partial charge in [0.25, 0.3) is 5.91 Å². The number of aliphatic hydroxyl groups is 2. The number of carbonyl (C=O) groups excluding carboxylic acids is 1. The van der Waals surface area contributed by atoms with Gasteiger partial charge in [-0.1, -0.05) is 12.2 Å². The van der Waals surface area contributed by atoms with Crippen LogP contribution in [0, 0.1) is 6.92 Å². The van der Waals surface area contributed by atoms with E-state index in [0.717, 1.165) is 11.3 Å². The number of amides is 1. The van der Waals surface area contributed by atoms with Crippen LogP contribution in [-0.2, 0) is 7.05 Å². The monoisotopic (exact) mass is 253 g/mol. The zero-order chi connectivity index (χ0) is 13.7. The van der Waals surface area contributed by atoms with Crippen molar-refractivity contribution < 1.29 is 15.0 Å². The first-order valence-electron chi connectivity index (χ1n) is 5.74. The van der Waals surface area contributed by atoms with E-state index in [1.807, 2.05) is 26.0 Å². The van der Waals surface area contributed by atoms with Gasteiger partial charge in [-0.3, -0.25) is 9.48 Å². The van der Waals surface area contributed by atoms with E-state index in [1.54, 1.807) is 11.7 Å². The Morgan fingerprint density at radius 3 is 2.83 bits per heavy atom. The van der Waals surface area contributed by atoms with Gasteiger partial charge in [0.15, 0.2) is 5.69 Å². The fourth-order valence-corrected chi connectivity index (χ4v) is 1.52. The predicted octanol–water partition coefficient (Wildman–Crippen LogP) is -0.155. The smallest absolute Gasteiger partial charge is 0.272 e. The van der Waals surface area contributed by atoms with Crippen LogP contribution in [0.3, 0.4) is 0 Å². The van der Waals surface area contributed by atoms with Crippen molar-refractivity contribution in [2.24, 2.45) is 7.05 Å². The highest BCUT2D eigenvalue weighted by molar-refractivity contribution is 5.96. The molecule has 0 saturated heterocycles. The topological polar surface area (TPSA) is 87.4 Å². The van der Waals surface area contributed by atoms with Crippen molar-refractivity contribution >= 4 is 12.0 Å². The van der Waals surface area contributed by atoms with Crippen molar-refractivity contribution in [3.8, 4) is 0 Å². The highest BCUT2D eigenvalue weighted by atomic mass is 16.3. The van der Waals surface area contributed by atoms with Crippen LogP contribution < -0.4 is 5.32 Å². The molecule has 100 valence electrons. The molecule has 0 aromatic carbocycles. The van der Waals surface area contributed by atoms with Gasteiger partial charge < -0.3 is 15.5 Å². The molecule has 0 fully saturated rings. The lowest BCUT2D eigenvalue weighted by atomic mass is 10.1. The summed E-state index contributed by atoms with van der Waals surface area (Å²) in [6.45, 7) is 3.36.